The van der Waals surface area contributed by atoms with Crippen LogP contribution in [0.15, 0.2) is 42.5 Å². The van der Waals surface area contributed by atoms with Gasteiger partial charge in [0, 0.05) is 17.5 Å². The summed E-state index contributed by atoms with van der Waals surface area (Å²) in [4.78, 5) is 30.4. The lowest BCUT2D eigenvalue weighted by molar-refractivity contribution is -0.128. The van der Waals surface area contributed by atoms with Crippen LogP contribution in [0.2, 0.25) is 5.15 Å². The number of hydrogen-bond donors (Lipinski definition) is 1. The maximum atomic E-state index is 12.6. The van der Waals surface area contributed by atoms with Crippen molar-refractivity contribution >= 4 is 57.7 Å². The molecule has 1 N–H and O–H groups in total. The number of fused-ring (bicyclic) bond motifs is 1. The Morgan fingerprint density at radius 2 is 2.12 bits per heavy atom. The van der Waals surface area contributed by atoms with Gasteiger partial charge >= 0.3 is 0 Å². The SMILES string of the molecule is C=CCN1C(=O)/C(=C/c2cc3cc(C)ccc3nc2Cl)C(=O)NC1=S. The molecule has 2 amide bonds. The molecule has 2 aromatic rings. The van der Waals surface area contributed by atoms with Crippen molar-refractivity contribution in [2.45, 2.75) is 6.92 Å². The molecule has 3 rings (SSSR count). The molecule has 25 heavy (non-hydrogen) atoms. The molecule has 1 aromatic carbocycles. The standard InChI is InChI=1S/C18H14ClN3O2S/c1-3-6-22-17(24)13(16(23)21-18(22)25)9-12-8-11-7-10(2)4-5-14(11)20-15(12)19/h3-5,7-9H,1,6H2,2H3,(H,21,23,25)/b13-9+. The van der Waals surface area contributed by atoms with E-state index in [2.05, 4.69) is 16.9 Å². The fraction of sp³-hybridized carbons (Fsp3) is 0.111. The van der Waals surface area contributed by atoms with Gasteiger partial charge in [-0.3, -0.25) is 19.8 Å². The number of amides is 2. The van der Waals surface area contributed by atoms with Crippen LogP contribution >= 0.6 is 23.8 Å². The van der Waals surface area contributed by atoms with Crippen molar-refractivity contribution in [3.8, 4) is 0 Å². The van der Waals surface area contributed by atoms with Gasteiger partial charge in [0.2, 0.25) is 0 Å². The van der Waals surface area contributed by atoms with Crippen LogP contribution in [0.4, 0.5) is 0 Å². The number of aryl methyl sites for hydroxylation is 1. The molecule has 1 aromatic heterocycles. The Balaban J connectivity index is 2.09. The molecule has 0 bridgehead atoms. The summed E-state index contributed by atoms with van der Waals surface area (Å²) in [5, 5.41) is 3.65. The summed E-state index contributed by atoms with van der Waals surface area (Å²) >= 11 is 11.3. The molecule has 1 aliphatic rings. The van der Waals surface area contributed by atoms with Gasteiger partial charge < -0.3 is 0 Å². The fourth-order valence-corrected chi connectivity index (χ4v) is 2.98. The van der Waals surface area contributed by atoms with Gasteiger partial charge in [-0.05, 0) is 43.4 Å². The van der Waals surface area contributed by atoms with E-state index in [0.717, 1.165) is 16.5 Å². The van der Waals surface area contributed by atoms with Gasteiger partial charge in [-0.2, -0.15) is 0 Å². The molecule has 0 atom stereocenters. The van der Waals surface area contributed by atoms with Crippen LogP contribution in [0.25, 0.3) is 17.0 Å². The Hall–Kier alpha value is -2.57. The van der Waals surface area contributed by atoms with E-state index in [0.29, 0.717) is 5.56 Å². The molecule has 1 fully saturated rings. The van der Waals surface area contributed by atoms with E-state index in [1.165, 1.54) is 17.1 Å². The van der Waals surface area contributed by atoms with Crippen LogP contribution in [0.3, 0.4) is 0 Å². The van der Waals surface area contributed by atoms with E-state index in [9.17, 15) is 9.59 Å². The van der Waals surface area contributed by atoms with Crippen LogP contribution < -0.4 is 5.32 Å². The van der Waals surface area contributed by atoms with Crippen molar-refractivity contribution in [1.29, 1.82) is 0 Å². The zero-order valence-corrected chi connectivity index (χ0v) is 14.9. The molecular weight excluding hydrogens is 358 g/mol. The molecule has 1 saturated heterocycles. The van der Waals surface area contributed by atoms with Crippen LogP contribution in [0.1, 0.15) is 11.1 Å². The number of hydrogen-bond acceptors (Lipinski definition) is 4. The lowest BCUT2D eigenvalue weighted by atomic mass is 10.1. The Morgan fingerprint density at radius 3 is 2.84 bits per heavy atom. The Labute approximate surface area is 155 Å². The maximum absolute atomic E-state index is 12.6. The number of pyridine rings is 1. The van der Waals surface area contributed by atoms with Gasteiger partial charge in [-0.1, -0.05) is 29.3 Å². The quantitative estimate of drug-likeness (QED) is 0.296. The average molecular weight is 372 g/mol. The molecule has 2 heterocycles. The lowest BCUT2D eigenvalue weighted by Gasteiger charge is -2.27. The van der Waals surface area contributed by atoms with Gasteiger partial charge in [0.15, 0.2) is 5.11 Å². The van der Waals surface area contributed by atoms with E-state index < -0.39 is 11.8 Å². The molecule has 0 unspecified atom stereocenters. The minimum absolute atomic E-state index is 0.0499. The van der Waals surface area contributed by atoms with E-state index in [1.807, 2.05) is 25.1 Å². The van der Waals surface area contributed by atoms with Crippen molar-refractivity contribution in [1.82, 2.24) is 15.2 Å². The third kappa shape index (κ3) is 3.31. The Kier molecular flexibility index (Phi) is 4.65. The summed E-state index contributed by atoms with van der Waals surface area (Å²) in [5.74, 6) is -1.05. The minimum Gasteiger partial charge on any atom is -0.298 e. The monoisotopic (exact) mass is 371 g/mol. The van der Waals surface area contributed by atoms with Crippen molar-refractivity contribution in [3.63, 3.8) is 0 Å². The second kappa shape index (κ2) is 6.74. The number of thiocarbonyl (C=S) groups is 1. The Morgan fingerprint density at radius 1 is 1.36 bits per heavy atom. The third-order valence-electron chi connectivity index (χ3n) is 3.75. The normalized spacial score (nSPS) is 16.5. The first kappa shape index (κ1) is 17.3. The lowest BCUT2D eigenvalue weighted by Crippen LogP contribution is -2.53. The predicted molar refractivity (Wildman–Crippen MR) is 102 cm³/mol. The highest BCUT2D eigenvalue weighted by atomic mass is 35.5. The van der Waals surface area contributed by atoms with Gasteiger partial charge in [-0.15, -0.1) is 6.58 Å². The average Bonchev–Trinajstić information content (AvgIpc) is 2.56. The van der Waals surface area contributed by atoms with E-state index >= 15 is 0 Å². The van der Waals surface area contributed by atoms with Crippen LogP contribution in [0, 0.1) is 6.92 Å². The zero-order valence-electron chi connectivity index (χ0n) is 13.4. The first-order chi connectivity index (χ1) is 11.9. The first-order valence-corrected chi connectivity index (χ1v) is 8.26. The van der Waals surface area contributed by atoms with Crippen LogP contribution in [-0.4, -0.2) is 33.4 Å². The largest absolute Gasteiger partial charge is 0.298 e. The second-order valence-electron chi connectivity index (χ2n) is 5.59. The molecular formula is C18H14ClN3O2S. The number of halogens is 1. The molecule has 126 valence electrons. The van der Waals surface area contributed by atoms with Crippen molar-refractivity contribution in [2.24, 2.45) is 0 Å². The first-order valence-electron chi connectivity index (χ1n) is 7.47. The zero-order chi connectivity index (χ0) is 18.1. The van der Waals surface area contributed by atoms with Gasteiger partial charge in [0.25, 0.3) is 11.8 Å². The number of rotatable bonds is 3. The smallest absolute Gasteiger partial charge is 0.265 e. The fourth-order valence-electron chi connectivity index (χ4n) is 2.53. The van der Waals surface area contributed by atoms with Crippen LogP contribution in [0.5, 0.6) is 0 Å². The second-order valence-corrected chi connectivity index (χ2v) is 6.33. The summed E-state index contributed by atoms with van der Waals surface area (Å²) in [6, 6.07) is 7.57. The molecule has 0 spiro atoms. The summed E-state index contributed by atoms with van der Waals surface area (Å²) in [7, 11) is 0. The van der Waals surface area contributed by atoms with E-state index in [-0.39, 0.29) is 22.4 Å². The topological polar surface area (TPSA) is 62.3 Å². The van der Waals surface area contributed by atoms with Crippen molar-refractivity contribution in [3.05, 3.63) is 58.8 Å². The van der Waals surface area contributed by atoms with Crippen LogP contribution in [-0.2, 0) is 9.59 Å². The molecule has 0 radical (unpaired) electrons. The number of nitrogens with zero attached hydrogens (tertiary/aromatic N) is 2. The Bertz CT molecular complexity index is 968. The van der Waals surface area contributed by atoms with Gasteiger partial charge in [0.1, 0.15) is 10.7 Å². The molecule has 7 heteroatoms. The number of benzene rings is 1. The summed E-state index contributed by atoms with van der Waals surface area (Å²) < 4.78 is 0. The summed E-state index contributed by atoms with van der Waals surface area (Å²) in [6.07, 6.45) is 2.97. The summed E-state index contributed by atoms with van der Waals surface area (Å²) in [5.41, 5.74) is 2.26. The van der Waals surface area contributed by atoms with Crippen molar-refractivity contribution in [2.75, 3.05) is 6.54 Å². The number of aromatic nitrogens is 1. The minimum atomic E-state index is -0.560. The number of carbonyl (C=O) groups is 2. The summed E-state index contributed by atoms with van der Waals surface area (Å²) in [6.45, 7) is 5.77. The maximum Gasteiger partial charge on any atom is 0.265 e. The number of carbonyl (C=O) groups excluding carboxylic acids is 2. The molecule has 1 aliphatic heterocycles. The van der Waals surface area contributed by atoms with Crippen molar-refractivity contribution < 1.29 is 9.59 Å². The highest BCUT2D eigenvalue weighted by Gasteiger charge is 2.32. The van der Waals surface area contributed by atoms with Gasteiger partial charge in [-0.25, -0.2) is 4.98 Å². The molecule has 5 nitrogen and oxygen atoms in total. The van der Waals surface area contributed by atoms with E-state index in [4.69, 9.17) is 23.8 Å². The van der Waals surface area contributed by atoms with Gasteiger partial charge in [0.05, 0.1) is 5.52 Å². The van der Waals surface area contributed by atoms with E-state index in [1.54, 1.807) is 6.07 Å². The highest BCUT2D eigenvalue weighted by Crippen LogP contribution is 2.24. The molecule has 0 aliphatic carbocycles. The highest BCUT2D eigenvalue weighted by molar-refractivity contribution is 7.80. The number of nitrogens with one attached hydrogen (secondary N) is 1. The predicted octanol–water partition coefficient (Wildman–Crippen LogP) is 3.01. The molecule has 0 saturated carbocycles. The third-order valence-corrected chi connectivity index (χ3v) is 4.37.